The number of rotatable bonds is 3. The zero-order valence-corrected chi connectivity index (χ0v) is 9.30. The van der Waals surface area contributed by atoms with Crippen molar-refractivity contribution < 1.29 is 9.53 Å². The molecule has 0 aliphatic heterocycles. The summed E-state index contributed by atoms with van der Waals surface area (Å²) in [4.78, 5) is 11.5. The molecule has 4 nitrogen and oxygen atoms in total. The van der Waals surface area contributed by atoms with Gasteiger partial charge in [0.05, 0.1) is 29.4 Å². The zero-order chi connectivity index (χ0) is 10.7. The van der Waals surface area contributed by atoms with Crippen molar-refractivity contribution in [1.82, 2.24) is 0 Å². The third kappa shape index (κ3) is 1.82. The van der Waals surface area contributed by atoms with Crippen LogP contribution in [0.25, 0.3) is 0 Å². The lowest BCUT2D eigenvalue weighted by molar-refractivity contribution is 0.102. The van der Waals surface area contributed by atoms with Gasteiger partial charge in [0.25, 0.3) is 0 Å². The van der Waals surface area contributed by atoms with Gasteiger partial charge < -0.3 is 16.2 Å². The number of carbonyl (C=O) groups excluding carboxylic acids is 1. The number of ether oxygens (including phenoxy) is 1. The second kappa shape index (κ2) is 4.32. The molecule has 5 heteroatoms. The predicted molar refractivity (Wildman–Crippen MR) is 59.9 cm³/mol. The minimum atomic E-state index is -0.147. The smallest absolute Gasteiger partial charge is 0.179 e. The summed E-state index contributed by atoms with van der Waals surface area (Å²) in [6, 6.07) is 3.24. The van der Waals surface area contributed by atoms with Gasteiger partial charge in [0.2, 0.25) is 0 Å². The van der Waals surface area contributed by atoms with Crippen LogP contribution in [0.4, 0.5) is 11.4 Å². The number of nitrogen functional groups attached to an aromatic ring is 2. The van der Waals surface area contributed by atoms with Crippen molar-refractivity contribution in [2.75, 3.05) is 23.9 Å². The number of methoxy groups -OCH3 is 1. The number of carbonyl (C=O) groups is 1. The molecular weight excluding hydrogens is 248 g/mol. The van der Waals surface area contributed by atoms with Crippen LogP contribution < -0.4 is 16.2 Å². The molecule has 0 atom stereocenters. The first-order valence-electron chi connectivity index (χ1n) is 3.93. The van der Waals surface area contributed by atoms with Gasteiger partial charge >= 0.3 is 0 Å². The third-order valence-electron chi connectivity index (χ3n) is 1.86. The summed E-state index contributed by atoms with van der Waals surface area (Å²) in [5.74, 6) is 0.299. The molecule has 1 aromatic rings. The number of hydrogen-bond donors (Lipinski definition) is 2. The molecule has 0 spiro atoms. The summed E-state index contributed by atoms with van der Waals surface area (Å²) in [6.07, 6.45) is 0. The van der Waals surface area contributed by atoms with Crippen LogP contribution in [0.1, 0.15) is 10.4 Å². The fraction of sp³-hybridized carbons (Fsp3) is 0.222. The molecule has 0 heterocycles. The van der Waals surface area contributed by atoms with Crippen molar-refractivity contribution >= 4 is 33.1 Å². The SMILES string of the molecule is COc1ccc(N)c(N)c1C(=O)CBr. The van der Waals surface area contributed by atoms with Crippen LogP contribution >= 0.6 is 15.9 Å². The highest BCUT2D eigenvalue weighted by molar-refractivity contribution is 9.09. The van der Waals surface area contributed by atoms with Crippen LogP contribution in [0.3, 0.4) is 0 Å². The van der Waals surface area contributed by atoms with E-state index in [-0.39, 0.29) is 16.8 Å². The highest BCUT2D eigenvalue weighted by atomic mass is 79.9. The van der Waals surface area contributed by atoms with E-state index >= 15 is 0 Å². The predicted octanol–water partition coefficient (Wildman–Crippen LogP) is 1.44. The molecule has 0 amide bonds. The molecule has 0 aliphatic carbocycles. The Morgan fingerprint density at radius 3 is 2.64 bits per heavy atom. The number of benzene rings is 1. The zero-order valence-electron chi connectivity index (χ0n) is 7.71. The second-order valence-electron chi connectivity index (χ2n) is 2.70. The van der Waals surface area contributed by atoms with Crippen LogP contribution in [-0.4, -0.2) is 18.2 Å². The van der Waals surface area contributed by atoms with E-state index in [1.54, 1.807) is 12.1 Å². The molecule has 0 saturated carbocycles. The maximum Gasteiger partial charge on any atom is 0.179 e. The van der Waals surface area contributed by atoms with E-state index < -0.39 is 0 Å². The first-order chi connectivity index (χ1) is 6.61. The Morgan fingerprint density at radius 2 is 2.14 bits per heavy atom. The van der Waals surface area contributed by atoms with Gasteiger partial charge in [-0.25, -0.2) is 0 Å². The number of hydrogen-bond acceptors (Lipinski definition) is 4. The summed E-state index contributed by atoms with van der Waals surface area (Å²) in [6.45, 7) is 0. The number of Topliss-reactive ketones (excluding diaryl/α,β-unsaturated/α-hetero) is 1. The summed E-state index contributed by atoms with van der Waals surface area (Å²) in [5, 5.41) is 0.191. The van der Waals surface area contributed by atoms with E-state index in [0.29, 0.717) is 17.0 Å². The minimum Gasteiger partial charge on any atom is -0.496 e. The number of nitrogens with two attached hydrogens (primary N) is 2. The molecule has 0 aliphatic rings. The fourth-order valence-corrected chi connectivity index (χ4v) is 1.42. The third-order valence-corrected chi connectivity index (χ3v) is 2.37. The van der Waals surface area contributed by atoms with Crippen LogP contribution in [0, 0.1) is 0 Å². The summed E-state index contributed by atoms with van der Waals surface area (Å²) >= 11 is 3.07. The lowest BCUT2D eigenvalue weighted by Gasteiger charge is -2.10. The van der Waals surface area contributed by atoms with Gasteiger partial charge in [-0.2, -0.15) is 0 Å². The highest BCUT2D eigenvalue weighted by Crippen LogP contribution is 2.30. The van der Waals surface area contributed by atoms with Crippen molar-refractivity contribution in [2.24, 2.45) is 0 Å². The van der Waals surface area contributed by atoms with E-state index in [0.717, 1.165) is 0 Å². The maximum absolute atomic E-state index is 11.5. The van der Waals surface area contributed by atoms with Gasteiger partial charge in [0, 0.05) is 0 Å². The molecular formula is C9H11BrN2O2. The molecule has 1 aromatic carbocycles. The van der Waals surface area contributed by atoms with Crippen molar-refractivity contribution in [3.8, 4) is 5.75 Å². The van der Waals surface area contributed by atoms with Crippen molar-refractivity contribution in [1.29, 1.82) is 0 Å². The Kier molecular flexibility index (Phi) is 3.35. The van der Waals surface area contributed by atoms with Crippen molar-refractivity contribution in [3.63, 3.8) is 0 Å². The van der Waals surface area contributed by atoms with Gasteiger partial charge in [0.15, 0.2) is 5.78 Å². The van der Waals surface area contributed by atoms with Crippen LogP contribution in [0.2, 0.25) is 0 Å². The van der Waals surface area contributed by atoms with E-state index in [9.17, 15) is 4.79 Å². The molecule has 0 bridgehead atoms. The first-order valence-corrected chi connectivity index (χ1v) is 5.05. The minimum absolute atomic E-state index is 0.147. The molecule has 0 unspecified atom stereocenters. The van der Waals surface area contributed by atoms with E-state index in [4.69, 9.17) is 16.2 Å². The number of anilines is 2. The number of alkyl halides is 1. The largest absolute Gasteiger partial charge is 0.496 e. The molecule has 1 rings (SSSR count). The lowest BCUT2D eigenvalue weighted by Crippen LogP contribution is -2.09. The molecule has 14 heavy (non-hydrogen) atoms. The standard InChI is InChI=1S/C9H11BrN2O2/c1-14-7-3-2-5(11)9(12)8(7)6(13)4-10/h2-3H,4,11-12H2,1H3. The Bertz CT molecular complexity index is 366. The molecule has 0 fully saturated rings. The second-order valence-corrected chi connectivity index (χ2v) is 3.26. The van der Waals surface area contributed by atoms with Gasteiger partial charge in [-0.15, -0.1) is 0 Å². The topological polar surface area (TPSA) is 78.3 Å². The van der Waals surface area contributed by atoms with Gasteiger partial charge in [-0.3, -0.25) is 4.79 Å². The Labute approximate surface area is 90.3 Å². The highest BCUT2D eigenvalue weighted by Gasteiger charge is 2.16. The van der Waals surface area contributed by atoms with E-state index in [1.807, 2.05) is 0 Å². The fourth-order valence-electron chi connectivity index (χ4n) is 1.14. The van der Waals surface area contributed by atoms with Crippen LogP contribution in [0.15, 0.2) is 12.1 Å². The van der Waals surface area contributed by atoms with E-state index in [1.165, 1.54) is 7.11 Å². The Morgan fingerprint density at radius 1 is 1.50 bits per heavy atom. The van der Waals surface area contributed by atoms with Crippen molar-refractivity contribution in [3.05, 3.63) is 17.7 Å². The molecule has 0 aromatic heterocycles. The molecule has 0 saturated heterocycles. The van der Waals surface area contributed by atoms with Crippen LogP contribution in [-0.2, 0) is 0 Å². The Hall–Kier alpha value is -1.23. The maximum atomic E-state index is 11.5. The average molecular weight is 259 g/mol. The summed E-state index contributed by atoms with van der Waals surface area (Å²) < 4.78 is 5.03. The van der Waals surface area contributed by atoms with Gasteiger partial charge in [-0.1, -0.05) is 15.9 Å². The van der Waals surface area contributed by atoms with Crippen molar-refractivity contribution in [2.45, 2.75) is 0 Å². The molecule has 76 valence electrons. The first kappa shape index (κ1) is 10.8. The number of halogens is 1. The lowest BCUT2D eigenvalue weighted by atomic mass is 10.1. The number of ketones is 1. The molecule has 0 radical (unpaired) electrons. The summed E-state index contributed by atoms with van der Waals surface area (Å²) in [7, 11) is 1.48. The monoisotopic (exact) mass is 258 g/mol. The van der Waals surface area contributed by atoms with E-state index in [2.05, 4.69) is 15.9 Å². The van der Waals surface area contributed by atoms with Gasteiger partial charge in [0.1, 0.15) is 5.75 Å². The quantitative estimate of drug-likeness (QED) is 0.489. The van der Waals surface area contributed by atoms with Gasteiger partial charge in [-0.05, 0) is 12.1 Å². The normalized spacial score (nSPS) is 9.86. The molecule has 4 N–H and O–H groups in total. The average Bonchev–Trinajstić information content (AvgIpc) is 2.20. The van der Waals surface area contributed by atoms with Crippen LogP contribution in [0.5, 0.6) is 5.75 Å². The summed E-state index contributed by atoms with van der Waals surface area (Å²) in [5.41, 5.74) is 12.3. The Balaban J connectivity index is 3.35.